The molecule has 0 amide bonds. The molecule has 1 atom stereocenters. The van der Waals surface area contributed by atoms with Gasteiger partial charge in [-0.2, -0.15) is 0 Å². The molecule has 1 aromatic carbocycles. The quantitative estimate of drug-likeness (QED) is 0.688. The fraction of sp³-hybridized carbons (Fsp3) is 0.385. The molecule has 0 radical (unpaired) electrons. The van der Waals surface area contributed by atoms with Crippen molar-refractivity contribution in [3.05, 3.63) is 42.6 Å². The summed E-state index contributed by atoms with van der Waals surface area (Å²) in [5, 5.41) is 1.45. The number of hydrogen-bond acceptors (Lipinski definition) is 1. The Morgan fingerprint density at radius 2 is 1.73 bits per heavy atom. The Balaban J connectivity index is 3.09. The third-order valence-corrected chi connectivity index (χ3v) is 7.42. The first-order valence-corrected chi connectivity index (χ1v) is 8.15. The zero-order valence-electron chi connectivity index (χ0n) is 10.0. The molecule has 2 heteroatoms. The summed E-state index contributed by atoms with van der Waals surface area (Å²) in [6.07, 6.45) is 0. The van der Waals surface area contributed by atoms with Gasteiger partial charge in [0.2, 0.25) is 0 Å². The summed E-state index contributed by atoms with van der Waals surface area (Å²) < 4.78 is 2.55. The Labute approximate surface area is 94.5 Å². The van der Waals surface area contributed by atoms with Crippen molar-refractivity contribution in [1.82, 2.24) is 4.57 Å². The highest BCUT2D eigenvalue weighted by atomic mass is 28.3. The molecular formula is C13H21NSi. The molecule has 1 unspecified atom stereocenters. The first kappa shape index (κ1) is 12.2. The van der Waals surface area contributed by atoms with Gasteiger partial charge in [0.25, 0.3) is 0 Å². The van der Waals surface area contributed by atoms with Crippen LogP contribution in [0.2, 0.25) is 6.55 Å². The molecule has 0 bridgehead atoms. The van der Waals surface area contributed by atoms with E-state index in [0.29, 0.717) is 0 Å². The van der Waals surface area contributed by atoms with Gasteiger partial charge in [-0.3, -0.25) is 0 Å². The average molecular weight is 219 g/mol. The molecule has 1 nitrogen and oxygen atoms in total. The van der Waals surface area contributed by atoms with Gasteiger partial charge >= 0.3 is 0 Å². The lowest BCUT2D eigenvalue weighted by Crippen LogP contribution is -2.58. The summed E-state index contributed by atoms with van der Waals surface area (Å²) in [7, 11) is -1.63. The molecular weight excluding hydrogens is 198 g/mol. The van der Waals surface area contributed by atoms with E-state index in [9.17, 15) is 0 Å². The molecule has 1 rings (SSSR count). The Morgan fingerprint density at radius 1 is 1.20 bits per heavy atom. The van der Waals surface area contributed by atoms with Crippen LogP contribution in [0.1, 0.15) is 13.8 Å². The minimum atomic E-state index is -1.63. The van der Waals surface area contributed by atoms with Crippen molar-refractivity contribution in [2.75, 3.05) is 13.1 Å². The standard InChI is InChI=1S/C13H21NSi/c1-5-14(6-2)15(4,7-3)13-11-9-8-10-12-13/h7-12H,3,5-6H2,1-2,4H3. The summed E-state index contributed by atoms with van der Waals surface area (Å²) >= 11 is 0. The van der Waals surface area contributed by atoms with Gasteiger partial charge < -0.3 is 4.57 Å². The summed E-state index contributed by atoms with van der Waals surface area (Å²) in [6.45, 7) is 13.1. The van der Waals surface area contributed by atoms with Crippen LogP contribution in [-0.2, 0) is 0 Å². The third kappa shape index (κ3) is 2.39. The number of rotatable bonds is 5. The van der Waals surface area contributed by atoms with Crippen LogP contribution in [0.15, 0.2) is 42.6 Å². The fourth-order valence-corrected chi connectivity index (χ4v) is 5.13. The maximum absolute atomic E-state index is 4.05. The van der Waals surface area contributed by atoms with Gasteiger partial charge in [-0.15, -0.1) is 6.58 Å². The molecule has 0 aliphatic carbocycles. The Hall–Kier alpha value is -0.863. The van der Waals surface area contributed by atoms with Crippen molar-refractivity contribution >= 4 is 13.4 Å². The van der Waals surface area contributed by atoms with Crippen molar-refractivity contribution in [2.24, 2.45) is 0 Å². The monoisotopic (exact) mass is 219 g/mol. The first-order valence-electron chi connectivity index (χ1n) is 5.63. The second kappa shape index (κ2) is 5.28. The molecule has 0 aliphatic heterocycles. The van der Waals surface area contributed by atoms with Gasteiger partial charge in [0, 0.05) is 0 Å². The van der Waals surface area contributed by atoms with E-state index in [2.05, 4.69) is 67.6 Å². The number of hydrogen-bond donors (Lipinski definition) is 0. The average Bonchev–Trinajstić information content (AvgIpc) is 2.31. The molecule has 15 heavy (non-hydrogen) atoms. The van der Waals surface area contributed by atoms with Crippen LogP contribution in [0, 0.1) is 0 Å². The summed E-state index contributed by atoms with van der Waals surface area (Å²) in [6, 6.07) is 10.8. The van der Waals surface area contributed by atoms with Crippen molar-refractivity contribution < 1.29 is 0 Å². The predicted octanol–water partition coefficient (Wildman–Crippen LogP) is 2.54. The maximum atomic E-state index is 4.05. The van der Waals surface area contributed by atoms with Gasteiger partial charge in [0.1, 0.15) is 0 Å². The zero-order valence-corrected chi connectivity index (χ0v) is 11.0. The van der Waals surface area contributed by atoms with Gasteiger partial charge in [-0.25, -0.2) is 0 Å². The van der Waals surface area contributed by atoms with Crippen LogP contribution in [0.5, 0.6) is 0 Å². The van der Waals surface area contributed by atoms with Crippen molar-refractivity contribution in [3.63, 3.8) is 0 Å². The lowest BCUT2D eigenvalue weighted by molar-refractivity contribution is 0.477. The molecule has 0 aromatic heterocycles. The lowest BCUT2D eigenvalue weighted by Gasteiger charge is -2.36. The van der Waals surface area contributed by atoms with Crippen molar-refractivity contribution in [1.29, 1.82) is 0 Å². The SMILES string of the molecule is C=C[Si](C)(c1ccccc1)N(CC)CC. The molecule has 0 spiro atoms. The van der Waals surface area contributed by atoms with Gasteiger partial charge in [0.05, 0.1) is 0 Å². The maximum Gasteiger partial charge on any atom is 0.181 e. The van der Waals surface area contributed by atoms with Crippen LogP contribution < -0.4 is 5.19 Å². The minimum absolute atomic E-state index is 1.10. The number of nitrogens with zero attached hydrogens (tertiary/aromatic N) is 1. The van der Waals surface area contributed by atoms with Gasteiger partial charge in [0.15, 0.2) is 8.24 Å². The Bertz CT molecular complexity index is 306. The van der Waals surface area contributed by atoms with E-state index < -0.39 is 8.24 Å². The molecule has 0 aliphatic rings. The second-order valence-electron chi connectivity index (χ2n) is 3.89. The van der Waals surface area contributed by atoms with Crippen molar-refractivity contribution in [3.8, 4) is 0 Å². The van der Waals surface area contributed by atoms with Crippen molar-refractivity contribution in [2.45, 2.75) is 20.4 Å². The molecule has 0 heterocycles. The van der Waals surface area contributed by atoms with E-state index in [1.54, 1.807) is 0 Å². The predicted molar refractivity (Wildman–Crippen MR) is 70.8 cm³/mol. The van der Waals surface area contributed by atoms with E-state index in [1.807, 2.05) is 0 Å². The molecule has 0 fully saturated rings. The van der Waals surface area contributed by atoms with Gasteiger partial charge in [-0.05, 0) is 24.8 Å². The molecule has 1 aromatic rings. The highest BCUT2D eigenvalue weighted by molar-refractivity contribution is 6.92. The largest absolute Gasteiger partial charge is 0.318 e. The highest BCUT2D eigenvalue weighted by Gasteiger charge is 2.31. The Kier molecular flexibility index (Phi) is 4.30. The number of benzene rings is 1. The van der Waals surface area contributed by atoms with E-state index in [1.165, 1.54) is 5.19 Å². The van der Waals surface area contributed by atoms with Crippen LogP contribution in [0.4, 0.5) is 0 Å². The minimum Gasteiger partial charge on any atom is -0.318 e. The normalized spacial score (nSPS) is 14.9. The molecule has 0 saturated carbocycles. The molecule has 82 valence electrons. The van der Waals surface area contributed by atoms with Crippen LogP contribution in [0.3, 0.4) is 0 Å². The smallest absolute Gasteiger partial charge is 0.181 e. The Morgan fingerprint density at radius 3 is 2.13 bits per heavy atom. The highest BCUT2D eigenvalue weighted by Crippen LogP contribution is 2.11. The van der Waals surface area contributed by atoms with E-state index in [-0.39, 0.29) is 0 Å². The van der Waals surface area contributed by atoms with E-state index in [4.69, 9.17) is 0 Å². The summed E-state index contributed by atoms with van der Waals surface area (Å²) in [4.78, 5) is 0. The first-order chi connectivity index (χ1) is 7.19. The third-order valence-electron chi connectivity index (χ3n) is 3.18. The zero-order chi connectivity index (χ0) is 11.3. The molecule has 0 N–H and O–H groups in total. The summed E-state index contributed by atoms with van der Waals surface area (Å²) in [5.41, 5.74) is 2.18. The topological polar surface area (TPSA) is 3.24 Å². The van der Waals surface area contributed by atoms with Crippen LogP contribution >= 0.6 is 0 Å². The van der Waals surface area contributed by atoms with E-state index >= 15 is 0 Å². The fourth-order valence-electron chi connectivity index (χ4n) is 2.09. The van der Waals surface area contributed by atoms with E-state index in [0.717, 1.165) is 13.1 Å². The van der Waals surface area contributed by atoms with Crippen LogP contribution in [-0.4, -0.2) is 25.9 Å². The van der Waals surface area contributed by atoms with Crippen LogP contribution in [0.25, 0.3) is 0 Å². The molecule has 0 saturated heterocycles. The summed E-state index contributed by atoms with van der Waals surface area (Å²) in [5.74, 6) is 0. The second-order valence-corrected chi connectivity index (χ2v) is 7.80. The van der Waals surface area contributed by atoms with Gasteiger partial charge in [-0.1, -0.05) is 49.9 Å². The lowest BCUT2D eigenvalue weighted by atomic mass is 10.4.